The van der Waals surface area contributed by atoms with Crippen molar-refractivity contribution >= 4 is 11.7 Å². The van der Waals surface area contributed by atoms with Gasteiger partial charge in [-0.2, -0.15) is 0 Å². The van der Waals surface area contributed by atoms with Crippen molar-refractivity contribution in [3.05, 3.63) is 70.3 Å². The second-order valence-corrected chi connectivity index (χ2v) is 3.43. The molecule has 7 heteroatoms. The predicted molar refractivity (Wildman–Crippen MR) is 65.5 cm³/mol. The quantitative estimate of drug-likeness (QED) is 0.404. The Morgan fingerprint density at radius 3 is 1.85 bits per heavy atom. The van der Waals surface area contributed by atoms with Crippen molar-refractivity contribution in [1.82, 2.24) is 0 Å². The van der Waals surface area contributed by atoms with E-state index in [0.29, 0.717) is 0 Å². The number of phenolic OH excluding ortho intramolecular Hbond substituents is 1. The smallest absolute Gasteiger partial charge is 0.545 e. The van der Waals surface area contributed by atoms with Crippen LogP contribution in [-0.2, 0) is 0 Å². The number of nitrogens with zero attached hydrogens (tertiary/aromatic N) is 1. The Morgan fingerprint density at radius 1 is 1.00 bits per heavy atom. The van der Waals surface area contributed by atoms with Crippen molar-refractivity contribution in [2.75, 3.05) is 0 Å². The number of aromatic carboxylic acids is 1. The number of carbonyl (C=O) groups is 1. The second-order valence-electron chi connectivity index (χ2n) is 3.43. The van der Waals surface area contributed by atoms with E-state index in [1.54, 1.807) is 18.2 Å². The summed E-state index contributed by atoms with van der Waals surface area (Å²) in [6.07, 6.45) is 0. The van der Waals surface area contributed by atoms with Crippen LogP contribution in [0.15, 0.2) is 54.6 Å². The molecule has 0 bridgehead atoms. The van der Waals surface area contributed by atoms with Crippen molar-refractivity contribution in [1.29, 1.82) is 0 Å². The Bertz CT molecular complexity index is 557. The summed E-state index contributed by atoms with van der Waals surface area (Å²) in [5.74, 6) is -1.10. The average molecular weight is 283 g/mol. The monoisotopic (exact) mass is 283 g/mol. The molecule has 0 aromatic heterocycles. The van der Waals surface area contributed by atoms with E-state index in [4.69, 9.17) is 5.11 Å². The van der Waals surface area contributed by atoms with Gasteiger partial charge in [0.15, 0.2) is 0 Å². The summed E-state index contributed by atoms with van der Waals surface area (Å²) in [7, 11) is 0. The normalized spacial score (nSPS) is 8.60. The Hall–Kier alpha value is -1.89. The number of benzene rings is 2. The molecule has 0 aliphatic rings. The Kier molecular flexibility index (Phi) is 8.23. The molecule has 0 radical (unpaired) electrons. The summed E-state index contributed by atoms with van der Waals surface area (Å²) in [6, 6.07) is 13.1. The molecule has 6 nitrogen and oxygen atoms in total. The van der Waals surface area contributed by atoms with E-state index in [9.17, 15) is 20.0 Å². The maximum Gasteiger partial charge on any atom is 1.00 e. The second kappa shape index (κ2) is 9.08. The summed E-state index contributed by atoms with van der Waals surface area (Å²) in [6.45, 7) is 0. The van der Waals surface area contributed by atoms with Gasteiger partial charge in [0.05, 0.1) is 10.9 Å². The van der Waals surface area contributed by atoms with Crippen LogP contribution in [0.4, 0.5) is 5.69 Å². The van der Waals surface area contributed by atoms with E-state index in [1.807, 2.05) is 0 Å². The van der Waals surface area contributed by atoms with E-state index in [0.717, 1.165) is 0 Å². The van der Waals surface area contributed by atoms with E-state index >= 15 is 0 Å². The molecule has 0 atom stereocenters. The van der Waals surface area contributed by atoms with Crippen LogP contribution in [-0.4, -0.2) is 16.0 Å². The molecule has 0 aliphatic carbocycles. The van der Waals surface area contributed by atoms with Gasteiger partial charge in [0.1, 0.15) is 5.75 Å². The number of carboxylic acids is 1. The zero-order valence-corrected chi connectivity index (χ0v) is 12.7. The first kappa shape index (κ1) is 18.1. The molecular weight excluding hydrogens is 273 g/mol. The molecule has 0 saturated carbocycles. The number of carbonyl (C=O) groups excluding carboxylic acids is 1. The number of nitro groups is 1. The van der Waals surface area contributed by atoms with E-state index < -0.39 is 10.9 Å². The van der Waals surface area contributed by atoms with Gasteiger partial charge in [0.25, 0.3) is 5.69 Å². The number of hydrogen-bond donors (Lipinski definition) is 1. The van der Waals surface area contributed by atoms with E-state index in [2.05, 4.69) is 0 Å². The fourth-order valence-corrected chi connectivity index (χ4v) is 1.15. The molecule has 98 valence electrons. The standard InChI is InChI=1S/C7H6O2.C6H5NO3.Na/c8-7(9)6-4-2-1-3-5-6;8-6-3-1-5(2-4-6)7(9)10;/h1-5H,(H,8,9);1-4,8H;/q;;+1/p-1. The third-order valence-electron chi connectivity index (χ3n) is 2.07. The van der Waals surface area contributed by atoms with Crippen LogP contribution in [0, 0.1) is 10.1 Å². The van der Waals surface area contributed by atoms with Crippen LogP contribution in [0.3, 0.4) is 0 Å². The van der Waals surface area contributed by atoms with Gasteiger partial charge in [0, 0.05) is 12.1 Å². The van der Waals surface area contributed by atoms with Gasteiger partial charge in [0.2, 0.25) is 0 Å². The van der Waals surface area contributed by atoms with E-state index in [-0.39, 0.29) is 46.6 Å². The number of aromatic hydroxyl groups is 1. The summed E-state index contributed by atoms with van der Waals surface area (Å²) < 4.78 is 0. The zero-order chi connectivity index (χ0) is 14.3. The first-order valence-electron chi connectivity index (χ1n) is 5.20. The van der Waals surface area contributed by atoms with Gasteiger partial charge in [-0.15, -0.1) is 0 Å². The van der Waals surface area contributed by atoms with Gasteiger partial charge in [-0.05, 0) is 17.7 Å². The molecule has 0 spiro atoms. The zero-order valence-electron chi connectivity index (χ0n) is 10.7. The SMILES string of the molecule is O=C([O-])c1ccccc1.O=[N+]([O-])c1ccc(O)cc1.[Na+]. The van der Waals surface area contributed by atoms with Crippen molar-refractivity contribution in [2.45, 2.75) is 0 Å². The topological polar surface area (TPSA) is 104 Å². The predicted octanol–water partition coefficient (Wildman–Crippen LogP) is -1.65. The Morgan fingerprint density at radius 2 is 1.50 bits per heavy atom. The number of non-ortho nitro benzene ring substituents is 1. The number of phenols is 1. The van der Waals surface area contributed by atoms with Gasteiger partial charge >= 0.3 is 29.6 Å². The molecule has 0 aliphatic heterocycles. The molecule has 0 unspecified atom stereocenters. The molecule has 0 saturated heterocycles. The van der Waals surface area contributed by atoms with Gasteiger partial charge < -0.3 is 15.0 Å². The van der Waals surface area contributed by atoms with Crippen LogP contribution >= 0.6 is 0 Å². The molecule has 20 heavy (non-hydrogen) atoms. The number of hydrogen-bond acceptors (Lipinski definition) is 5. The van der Waals surface area contributed by atoms with Crippen LogP contribution in [0.25, 0.3) is 0 Å². The molecule has 0 fully saturated rings. The number of rotatable bonds is 2. The first-order valence-corrected chi connectivity index (χ1v) is 5.20. The molecule has 0 amide bonds. The average Bonchev–Trinajstić information content (AvgIpc) is 2.41. The fraction of sp³-hybridized carbons (Fsp3) is 0. The molecular formula is C13H10NNaO5. The van der Waals surface area contributed by atoms with Crippen molar-refractivity contribution in [2.24, 2.45) is 0 Å². The van der Waals surface area contributed by atoms with Crippen LogP contribution in [0.1, 0.15) is 10.4 Å². The first-order chi connectivity index (χ1) is 9.00. The minimum absolute atomic E-state index is 0. The molecule has 2 rings (SSSR count). The molecule has 0 heterocycles. The minimum atomic E-state index is -1.13. The Labute approximate surface area is 137 Å². The number of nitro benzene ring substituents is 1. The van der Waals surface area contributed by atoms with Crippen LogP contribution < -0.4 is 34.7 Å². The molecule has 1 N–H and O–H groups in total. The largest absolute Gasteiger partial charge is 1.00 e. The third-order valence-corrected chi connectivity index (χ3v) is 2.07. The van der Waals surface area contributed by atoms with Crippen LogP contribution in [0.2, 0.25) is 0 Å². The van der Waals surface area contributed by atoms with Crippen molar-refractivity contribution < 1.29 is 49.5 Å². The molecule has 2 aromatic carbocycles. The summed E-state index contributed by atoms with van der Waals surface area (Å²) in [4.78, 5) is 19.6. The maximum absolute atomic E-state index is 10.1. The fourth-order valence-electron chi connectivity index (χ4n) is 1.15. The third kappa shape index (κ3) is 6.33. The molecule has 2 aromatic rings. The summed E-state index contributed by atoms with van der Waals surface area (Å²) >= 11 is 0. The maximum atomic E-state index is 10.1. The minimum Gasteiger partial charge on any atom is -0.545 e. The van der Waals surface area contributed by atoms with Gasteiger partial charge in [-0.3, -0.25) is 10.1 Å². The van der Waals surface area contributed by atoms with Gasteiger partial charge in [-0.1, -0.05) is 30.3 Å². The summed E-state index contributed by atoms with van der Waals surface area (Å²) in [5.41, 5.74) is 0.204. The van der Waals surface area contributed by atoms with E-state index in [1.165, 1.54) is 36.4 Å². The Balaban J connectivity index is 0.000000345. The summed E-state index contributed by atoms with van der Waals surface area (Å²) in [5, 5.41) is 28.8. The van der Waals surface area contributed by atoms with Gasteiger partial charge in [-0.25, -0.2) is 0 Å². The van der Waals surface area contributed by atoms with Crippen LogP contribution in [0.5, 0.6) is 5.75 Å². The van der Waals surface area contributed by atoms with Crippen molar-refractivity contribution in [3.63, 3.8) is 0 Å². The van der Waals surface area contributed by atoms with Crippen molar-refractivity contribution in [3.8, 4) is 5.75 Å². The number of carboxylic acid groups (broad SMARTS) is 1.